The van der Waals surface area contributed by atoms with E-state index in [9.17, 15) is 14.9 Å². The summed E-state index contributed by atoms with van der Waals surface area (Å²) in [5.41, 5.74) is 0.0747. The standard InChI is InChI=1S/C13H17N3O5/c1-20-11-6-9(10(16(18)19)7-12(11)21-2)15-8-4-3-5-14-13(8)17/h6-8,15H,3-5H2,1-2H3,(H,14,17). The van der Waals surface area contributed by atoms with Crippen LogP contribution in [0.5, 0.6) is 11.5 Å². The summed E-state index contributed by atoms with van der Waals surface area (Å²) in [6.07, 6.45) is 1.45. The van der Waals surface area contributed by atoms with E-state index in [2.05, 4.69) is 10.6 Å². The van der Waals surface area contributed by atoms with Crippen LogP contribution in [-0.2, 0) is 4.79 Å². The van der Waals surface area contributed by atoms with Crippen LogP contribution in [0, 0.1) is 10.1 Å². The van der Waals surface area contributed by atoms with E-state index in [1.807, 2.05) is 0 Å². The van der Waals surface area contributed by atoms with Crippen molar-refractivity contribution in [3.63, 3.8) is 0 Å². The van der Waals surface area contributed by atoms with Gasteiger partial charge >= 0.3 is 0 Å². The summed E-state index contributed by atoms with van der Waals surface area (Å²) >= 11 is 0. The van der Waals surface area contributed by atoms with Crippen LogP contribution in [-0.4, -0.2) is 37.6 Å². The number of nitro groups is 1. The highest BCUT2D eigenvalue weighted by atomic mass is 16.6. The smallest absolute Gasteiger partial charge is 0.296 e. The van der Waals surface area contributed by atoms with Gasteiger partial charge < -0.3 is 20.1 Å². The van der Waals surface area contributed by atoms with E-state index in [4.69, 9.17) is 9.47 Å². The topological polar surface area (TPSA) is 103 Å². The zero-order valence-corrected chi connectivity index (χ0v) is 11.8. The molecule has 1 amide bonds. The maximum atomic E-state index is 11.8. The lowest BCUT2D eigenvalue weighted by atomic mass is 10.1. The van der Waals surface area contributed by atoms with Gasteiger partial charge in [0.1, 0.15) is 11.7 Å². The lowest BCUT2D eigenvalue weighted by Gasteiger charge is -2.24. The molecule has 1 aromatic carbocycles. The number of carbonyl (C=O) groups excluding carboxylic acids is 1. The molecule has 8 nitrogen and oxygen atoms in total. The minimum Gasteiger partial charge on any atom is -0.493 e. The molecule has 0 bridgehead atoms. The Morgan fingerprint density at radius 1 is 1.33 bits per heavy atom. The monoisotopic (exact) mass is 295 g/mol. The third-order valence-electron chi connectivity index (χ3n) is 3.31. The van der Waals surface area contributed by atoms with Gasteiger partial charge in [-0.05, 0) is 12.8 Å². The van der Waals surface area contributed by atoms with Crippen molar-refractivity contribution in [3.05, 3.63) is 22.2 Å². The molecule has 114 valence electrons. The molecule has 2 N–H and O–H groups in total. The molecule has 1 aromatic rings. The van der Waals surface area contributed by atoms with Gasteiger partial charge in [-0.2, -0.15) is 0 Å². The summed E-state index contributed by atoms with van der Waals surface area (Å²) < 4.78 is 10.2. The van der Waals surface area contributed by atoms with Gasteiger partial charge in [-0.15, -0.1) is 0 Å². The van der Waals surface area contributed by atoms with Gasteiger partial charge in [0, 0.05) is 12.6 Å². The molecule has 1 unspecified atom stereocenters. The maximum Gasteiger partial charge on any atom is 0.296 e. The molecule has 0 spiro atoms. The molecule has 0 saturated carbocycles. The summed E-state index contributed by atoms with van der Waals surface area (Å²) in [7, 11) is 2.85. The molecular formula is C13H17N3O5. The second-order valence-corrected chi connectivity index (χ2v) is 4.61. The molecule has 1 aliphatic heterocycles. The Bertz CT molecular complexity index is 561. The minimum atomic E-state index is -0.523. The lowest BCUT2D eigenvalue weighted by Crippen LogP contribution is -2.44. The zero-order valence-electron chi connectivity index (χ0n) is 11.8. The van der Waals surface area contributed by atoms with Crippen LogP contribution >= 0.6 is 0 Å². The van der Waals surface area contributed by atoms with Crippen molar-refractivity contribution in [2.45, 2.75) is 18.9 Å². The summed E-state index contributed by atoms with van der Waals surface area (Å²) in [4.78, 5) is 22.4. The van der Waals surface area contributed by atoms with E-state index in [0.717, 1.165) is 6.42 Å². The second-order valence-electron chi connectivity index (χ2n) is 4.61. The van der Waals surface area contributed by atoms with Crippen molar-refractivity contribution in [1.82, 2.24) is 5.32 Å². The van der Waals surface area contributed by atoms with Gasteiger partial charge in [-0.3, -0.25) is 14.9 Å². The first-order chi connectivity index (χ1) is 10.1. The normalized spacial score (nSPS) is 17.8. The number of hydrogen-bond acceptors (Lipinski definition) is 6. The van der Waals surface area contributed by atoms with E-state index in [1.54, 1.807) is 0 Å². The first-order valence-electron chi connectivity index (χ1n) is 6.51. The molecule has 1 heterocycles. The Labute approximate surface area is 121 Å². The van der Waals surface area contributed by atoms with Crippen molar-refractivity contribution in [2.24, 2.45) is 0 Å². The van der Waals surface area contributed by atoms with Crippen molar-refractivity contribution in [1.29, 1.82) is 0 Å². The van der Waals surface area contributed by atoms with Gasteiger partial charge in [0.05, 0.1) is 25.2 Å². The first kappa shape index (κ1) is 14.9. The predicted octanol–water partition coefficient (Wildman–Crippen LogP) is 1.30. The molecule has 1 saturated heterocycles. The zero-order chi connectivity index (χ0) is 15.4. The SMILES string of the molecule is COc1cc(NC2CCCNC2=O)c([N+](=O)[O-])cc1OC. The van der Waals surface area contributed by atoms with Gasteiger partial charge in [-0.25, -0.2) is 0 Å². The number of piperidine rings is 1. The molecule has 2 rings (SSSR count). The third-order valence-corrected chi connectivity index (χ3v) is 3.31. The van der Waals surface area contributed by atoms with Crippen LogP contribution in [0.4, 0.5) is 11.4 Å². The highest BCUT2D eigenvalue weighted by Gasteiger charge is 2.26. The fourth-order valence-electron chi connectivity index (χ4n) is 2.23. The Morgan fingerprint density at radius 3 is 2.57 bits per heavy atom. The van der Waals surface area contributed by atoms with Crippen molar-refractivity contribution in [3.8, 4) is 11.5 Å². The molecule has 0 aliphatic carbocycles. The molecule has 1 fully saturated rings. The van der Waals surface area contributed by atoms with Crippen LogP contribution in [0.2, 0.25) is 0 Å². The second kappa shape index (κ2) is 6.29. The van der Waals surface area contributed by atoms with Gasteiger partial charge in [0.2, 0.25) is 5.91 Å². The number of ether oxygens (including phenoxy) is 2. The number of hydrogen-bond donors (Lipinski definition) is 2. The van der Waals surface area contributed by atoms with Gasteiger partial charge in [-0.1, -0.05) is 0 Å². The number of nitrogens with zero attached hydrogens (tertiary/aromatic N) is 1. The van der Waals surface area contributed by atoms with Crippen molar-refractivity contribution < 1.29 is 19.2 Å². The van der Waals surface area contributed by atoms with Gasteiger partial charge in [0.15, 0.2) is 11.5 Å². The van der Waals surface area contributed by atoms with E-state index in [1.165, 1.54) is 26.4 Å². The van der Waals surface area contributed by atoms with E-state index >= 15 is 0 Å². The Balaban J connectivity index is 2.36. The molecule has 1 atom stereocenters. The summed E-state index contributed by atoms with van der Waals surface area (Å²) in [5, 5.41) is 16.8. The Hall–Kier alpha value is -2.51. The fraction of sp³-hybridized carbons (Fsp3) is 0.462. The fourth-order valence-corrected chi connectivity index (χ4v) is 2.23. The first-order valence-corrected chi connectivity index (χ1v) is 6.51. The molecule has 8 heteroatoms. The molecule has 21 heavy (non-hydrogen) atoms. The van der Waals surface area contributed by atoms with E-state index < -0.39 is 11.0 Å². The van der Waals surface area contributed by atoms with E-state index in [-0.39, 0.29) is 23.0 Å². The Morgan fingerprint density at radius 2 is 2.00 bits per heavy atom. The molecular weight excluding hydrogens is 278 g/mol. The van der Waals surface area contributed by atoms with Crippen LogP contribution in [0.3, 0.4) is 0 Å². The number of amides is 1. The number of carbonyl (C=O) groups is 1. The number of nitro benzene ring substituents is 1. The van der Waals surface area contributed by atoms with Crippen LogP contribution in [0.25, 0.3) is 0 Å². The average molecular weight is 295 g/mol. The van der Waals surface area contributed by atoms with Gasteiger partial charge in [0.25, 0.3) is 5.69 Å². The highest BCUT2D eigenvalue weighted by Crippen LogP contribution is 2.38. The number of rotatable bonds is 5. The predicted molar refractivity (Wildman–Crippen MR) is 75.9 cm³/mol. The largest absolute Gasteiger partial charge is 0.493 e. The third kappa shape index (κ3) is 3.15. The van der Waals surface area contributed by atoms with Crippen molar-refractivity contribution in [2.75, 3.05) is 26.1 Å². The summed E-state index contributed by atoms with van der Waals surface area (Å²) in [5.74, 6) is 0.468. The Kier molecular flexibility index (Phi) is 4.46. The van der Waals surface area contributed by atoms with Crippen LogP contribution in [0.15, 0.2) is 12.1 Å². The number of methoxy groups -OCH3 is 2. The number of nitrogens with one attached hydrogen (secondary N) is 2. The van der Waals surface area contributed by atoms with Crippen molar-refractivity contribution >= 4 is 17.3 Å². The van der Waals surface area contributed by atoms with E-state index in [0.29, 0.717) is 18.7 Å². The molecule has 0 radical (unpaired) electrons. The quantitative estimate of drug-likeness (QED) is 0.627. The number of anilines is 1. The average Bonchev–Trinajstić information content (AvgIpc) is 2.48. The summed E-state index contributed by atoms with van der Waals surface area (Å²) in [6.45, 7) is 0.630. The minimum absolute atomic E-state index is 0.161. The number of benzene rings is 1. The lowest BCUT2D eigenvalue weighted by molar-refractivity contribution is -0.384. The van der Waals surface area contributed by atoms with Crippen LogP contribution in [0.1, 0.15) is 12.8 Å². The van der Waals surface area contributed by atoms with Crippen LogP contribution < -0.4 is 20.1 Å². The maximum absolute atomic E-state index is 11.8. The highest BCUT2D eigenvalue weighted by molar-refractivity contribution is 5.86. The molecule has 1 aliphatic rings. The molecule has 0 aromatic heterocycles. The summed E-state index contributed by atoms with van der Waals surface area (Å²) in [6, 6.07) is 2.26.